The van der Waals surface area contributed by atoms with Crippen molar-refractivity contribution in [1.29, 1.82) is 5.26 Å². The number of hydrogen-bond donors (Lipinski definition) is 3. The van der Waals surface area contributed by atoms with E-state index in [0.717, 1.165) is 51.6 Å². The van der Waals surface area contributed by atoms with Gasteiger partial charge in [-0.25, -0.2) is 4.79 Å². The second-order valence-electron chi connectivity index (χ2n) is 8.64. The first-order valence-corrected chi connectivity index (χ1v) is 10.5. The molecule has 2 aliphatic carbocycles. The molecule has 3 aliphatic rings. The van der Waals surface area contributed by atoms with Crippen molar-refractivity contribution in [2.24, 2.45) is 5.92 Å². The van der Waals surface area contributed by atoms with E-state index in [9.17, 15) is 14.9 Å². The van der Waals surface area contributed by atoms with Crippen molar-refractivity contribution < 1.29 is 9.59 Å². The average molecular weight is 376 g/mol. The molecule has 0 aromatic heterocycles. The summed E-state index contributed by atoms with van der Waals surface area (Å²) in [5.74, 6) is 0.219. The van der Waals surface area contributed by atoms with Crippen molar-refractivity contribution in [3.05, 3.63) is 0 Å². The normalized spacial score (nSPS) is 24.4. The van der Waals surface area contributed by atoms with Gasteiger partial charge in [0.1, 0.15) is 5.54 Å². The molecular weight excluding hydrogens is 342 g/mol. The van der Waals surface area contributed by atoms with E-state index in [2.05, 4.69) is 26.9 Å². The van der Waals surface area contributed by atoms with Gasteiger partial charge in [-0.05, 0) is 51.4 Å². The van der Waals surface area contributed by atoms with Gasteiger partial charge in [0.05, 0.1) is 12.6 Å². The van der Waals surface area contributed by atoms with Gasteiger partial charge < -0.3 is 16.0 Å². The van der Waals surface area contributed by atoms with Crippen molar-refractivity contribution >= 4 is 11.9 Å². The molecule has 3 amide bonds. The Morgan fingerprint density at radius 1 is 1.00 bits per heavy atom. The van der Waals surface area contributed by atoms with Gasteiger partial charge in [0.2, 0.25) is 5.91 Å². The predicted molar refractivity (Wildman–Crippen MR) is 103 cm³/mol. The monoisotopic (exact) mass is 375 g/mol. The van der Waals surface area contributed by atoms with Crippen LogP contribution < -0.4 is 16.0 Å². The van der Waals surface area contributed by atoms with Crippen LogP contribution in [-0.4, -0.2) is 54.1 Å². The Labute approximate surface area is 162 Å². The zero-order chi connectivity index (χ0) is 19.3. The predicted octanol–water partition coefficient (Wildman–Crippen LogP) is 1.89. The number of carbonyl (C=O) groups excluding carboxylic acids is 2. The topological polar surface area (TPSA) is 97.3 Å². The Hall–Kier alpha value is -1.81. The molecule has 3 N–H and O–H groups in total. The van der Waals surface area contributed by atoms with E-state index in [1.54, 1.807) is 0 Å². The number of piperidine rings is 1. The number of nitrogens with one attached hydrogen (secondary N) is 3. The van der Waals surface area contributed by atoms with Gasteiger partial charge >= 0.3 is 6.03 Å². The van der Waals surface area contributed by atoms with E-state index in [-0.39, 0.29) is 18.0 Å². The van der Waals surface area contributed by atoms with E-state index >= 15 is 0 Å². The van der Waals surface area contributed by atoms with Crippen LogP contribution in [0.3, 0.4) is 0 Å². The van der Waals surface area contributed by atoms with Crippen molar-refractivity contribution in [3.8, 4) is 6.07 Å². The molecule has 1 atom stereocenters. The van der Waals surface area contributed by atoms with E-state index < -0.39 is 5.54 Å². The lowest BCUT2D eigenvalue weighted by atomic mass is 9.96. The van der Waals surface area contributed by atoms with Gasteiger partial charge in [-0.1, -0.05) is 19.3 Å². The molecule has 7 nitrogen and oxygen atoms in total. The minimum Gasteiger partial charge on any atom is -0.337 e. The van der Waals surface area contributed by atoms with Crippen LogP contribution in [-0.2, 0) is 4.79 Å². The van der Waals surface area contributed by atoms with Crippen LogP contribution in [0.4, 0.5) is 4.79 Å². The maximum Gasteiger partial charge on any atom is 0.315 e. The first-order valence-electron chi connectivity index (χ1n) is 10.5. The summed E-state index contributed by atoms with van der Waals surface area (Å²) in [5, 5.41) is 18.5. The van der Waals surface area contributed by atoms with E-state index in [0.29, 0.717) is 18.5 Å². The lowest BCUT2D eigenvalue weighted by molar-refractivity contribution is -0.124. The molecule has 1 heterocycles. The molecule has 3 rings (SSSR count). The van der Waals surface area contributed by atoms with E-state index in [1.807, 2.05) is 6.92 Å². The molecule has 1 aliphatic heterocycles. The van der Waals surface area contributed by atoms with Crippen LogP contribution in [0.5, 0.6) is 0 Å². The van der Waals surface area contributed by atoms with Gasteiger partial charge in [0, 0.05) is 25.2 Å². The molecular formula is C20H33N5O2. The van der Waals surface area contributed by atoms with Gasteiger partial charge in [-0.3, -0.25) is 9.69 Å². The standard InChI is InChI=1S/C20H33N5O2/c1-20(14-21,15-7-8-15)24-18(26)13-25-11-9-17(10-12-25)23-19(27)22-16-5-3-2-4-6-16/h15-17H,2-13H2,1H3,(H,24,26)(H2,22,23,27)/t20-/m0/s1. The molecule has 27 heavy (non-hydrogen) atoms. The molecule has 7 heteroatoms. The third kappa shape index (κ3) is 5.83. The smallest absolute Gasteiger partial charge is 0.315 e. The Kier molecular flexibility index (Phi) is 6.59. The number of likely N-dealkylation sites (tertiary alicyclic amines) is 1. The quantitative estimate of drug-likeness (QED) is 0.660. The first kappa shape index (κ1) is 19.9. The summed E-state index contributed by atoms with van der Waals surface area (Å²) in [6.45, 7) is 3.72. The Morgan fingerprint density at radius 2 is 1.59 bits per heavy atom. The highest BCUT2D eigenvalue weighted by atomic mass is 16.2. The fourth-order valence-electron chi connectivity index (χ4n) is 4.31. The molecule has 0 spiro atoms. The lowest BCUT2D eigenvalue weighted by Gasteiger charge is -2.33. The Morgan fingerprint density at radius 3 is 2.15 bits per heavy atom. The highest BCUT2D eigenvalue weighted by Crippen LogP contribution is 2.39. The summed E-state index contributed by atoms with van der Waals surface area (Å²) >= 11 is 0. The maximum absolute atomic E-state index is 12.3. The van der Waals surface area contributed by atoms with Crippen LogP contribution in [0, 0.1) is 17.2 Å². The van der Waals surface area contributed by atoms with Crippen molar-refractivity contribution in [3.63, 3.8) is 0 Å². The number of nitriles is 1. The van der Waals surface area contributed by atoms with Gasteiger partial charge in [-0.2, -0.15) is 5.26 Å². The summed E-state index contributed by atoms with van der Waals surface area (Å²) in [5.41, 5.74) is -0.728. The minimum atomic E-state index is -0.728. The lowest BCUT2D eigenvalue weighted by Crippen LogP contribution is -2.53. The number of nitrogens with zero attached hydrogens (tertiary/aromatic N) is 2. The van der Waals surface area contributed by atoms with Gasteiger partial charge in [-0.15, -0.1) is 0 Å². The molecule has 0 aromatic carbocycles. The zero-order valence-corrected chi connectivity index (χ0v) is 16.4. The third-order valence-electron chi connectivity index (χ3n) is 6.26. The molecule has 2 saturated carbocycles. The van der Waals surface area contributed by atoms with Crippen molar-refractivity contribution in [2.75, 3.05) is 19.6 Å². The van der Waals surface area contributed by atoms with Crippen LogP contribution in [0.2, 0.25) is 0 Å². The number of rotatable bonds is 6. The molecule has 150 valence electrons. The first-order chi connectivity index (χ1) is 13.0. The second kappa shape index (κ2) is 8.92. The number of amides is 3. The fraction of sp³-hybridized carbons (Fsp3) is 0.850. The van der Waals surface area contributed by atoms with E-state index in [4.69, 9.17) is 0 Å². The molecule has 0 aromatic rings. The molecule has 1 saturated heterocycles. The largest absolute Gasteiger partial charge is 0.337 e. The highest BCUT2D eigenvalue weighted by Gasteiger charge is 2.43. The summed E-state index contributed by atoms with van der Waals surface area (Å²) in [4.78, 5) is 26.6. The van der Waals surface area contributed by atoms with Gasteiger partial charge in [0.15, 0.2) is 0 Å². The number of carbonyl (C=O) groups is 2. The molecule has 3 fully saturated rings. The van der Waals surface area contributed by atoms with Crippen molar-refractivity contribution in [2.45, 2.75) is 82.3 Å². The molecule has 0 radical (unpaired) electrons. The van der Waals surface area contributed by atoms with E-state index in [1.165, 1.54) is 19.3 Å². The Balaban J connectivity index is 1.34. The maximum atomic E-state index is 12.3. The molecule has 0 bridgehead atoms. The van der Waals surface area contributed by atoms with Gasteiger partial charge in [0.25, 0.3) is 0 Å². The number of hydrogen-bond acceptors (Lipinski definition) is 4. The fourth-order valence-corrected chi connectivity index (χ4v) is 4.31. The van der Waals surface area contributed by atoms with Crippen LogP contribution in [0.15, 0.2) is 0 Å². The summed E-state index contributed by atoms with van der Waals surface area (Å²) in [7, 11) is 0. The van der Waals surface area contributed by atoms with Crippen LogP contribution in [0.25, 0.3) is 0 Å². The van der Waals surface area contributed by atoms with Crippen LogP contribution in [0.1, 0.15) is 64.7 Å². The Bertz CT molecular complexity index is 571. The minimum absolute atomic E-state index is 0.0488. The van der Waals surface area contributed by atoms with Crippen LogP contribution >= 0.6 is 0 Å². The number of urea groups is 1. The zero-order valence-electron chi connectivity index (χ0n) is 16.4. The second-order valence-corrected chi connectivity index (χ2v) is 8.64. The highest BCUT2D eigenvalue weighted by molar-refractivity contribution is 5.79. The summed E-state index contributed by atoms with van der Waals surface area (Å²) < 4.78 is 0. The summed E-state index contributed by atoms with van der Waals surface area (Å²) in [6, 6.07) is 2.71. The molecule has 0 unspecified atom stereocenters. The average Bonchev–Trinajstić information content (AvgIpc) is 3.49. The third-order valence-corrected chi connectivity index (χ3v) is 6.26. The van der Waals surface area contributed by atoms with Crippen molar-refractivity contribution in [1.82, 2.24) is 20.9 Å². The summed E-state index contributed by atoms with van der Waals surface area (Å²) in [6.07, 6.45) is 9.60. The SMILES string of the molecule is C[C@@](C#N)(NC(=O)CN1CCC(NC(=O)NC2CCCCC2)CC1)C1CC1.